The summed E-state index contributed by atoms with van der Waals surface area (Å²) in [6.07, 6.45) is 4.41. The van der Waals surface area contributed by atoms with E-state index in [-0.39, 0.29) is 11.9 Å². The quantitative estimate of drug-likeness (QED) is 0.655. The second-order valence-electron chi connectivity index (χ2n) is 8.58. The van der Waals surface area contributed by atoms with Crippen LogP contribution in [-0.4, -0.2) is 51.1 Å². The molecule has 3 fully saturated rings. The average molecular weight is 412 g/mol. The van der Waals surface area contributed by atoms with Crippen molar-refractivity contribution in [1.82, 2.24) is 10.2 Å². The Labute approximate surface area is 172 Å². The number of nitrogens with one attached hydrogen (secondary N) is 1. The third-order valence-corrected chi connectivity index (χ3v) is 7.01. The van der Waals surface area contributed by atoms with Gasteiger partial charge in [0.25, 0.3) is 0 Å². The first-order valence-corrected chi connectivity index (χ1v) is 10.5. The Morgan fingerprint density at radius 1 is 1.17 bits per heavy atom. The number of aliphatic hydroxyl groups is 1. The van der Waals surface area contributed by atoms with Crippen LogP contribution >= 0.6 is 0 Å². The molecule has 8 nitrogen and oxygen atoms in total. The molecule has 3 aliphatic rings. The van der Waals surface area contributed by atoms with Crippen LogP contribution in [0.5, 0.6) is 0 Å². The maximum atomic E-state index is 13.5. The molecule has 1 saturated carbocycles. The van der Waals surface area contributed by atoms with E-state index in [9.17, 15) is 24.6 Å². The zero-order chi connectivity index (χ0) is 21.0. The summed E-state index contributed by atoms with van der Waals surface area (Å²) >= 11 is 0. The lowest BCUT2D eigenvalue weighted by molar-refractivity contribution is -0.154. The maximum absolute atomic E-state index is 13.5. The predicted octanol–water partition coefficient (Wildman–Crippen LogP) is 1.83. The van der Waals surface area contributed by atoms with E-state index in [1.54, 1.807) is 12.1 Å². The largest absolute Gasteiger partial charge is 0.480 e. The van der Waals surface area contributed by atoms with E-state index in [0.29, 0.717) is 11.3 Å². The van der Waals surface area contributed by atoms with E-state index in [1.807, 2.05) is 18.2 Å². The smallest absolute Gasteiger partial charge is 0.327 e. The second kappa shape index (κ2) is 6.92. The number of aliphatic hydroxyl groups excluding tert-OH is 1. The fourth-order valence-corrected chi connectivity index (χ4v) is 5.53. The average Bonchev–Trinajstić information content (AvgIpc) is 3.40. The highest BCUT2D eigenvalue weighted by molar-refractivity contribution is 6.09. The molecule has 30 heavy (non-hydrogen) atoms. The van der Waals surface area contributed by atoms with Crippen LogP contribution in [0.3, 0.4) is 0 Å². The Bertz CT molecular complexity index is 993. The van der Waals surface area contributed by atoms with Crippen molar-refractivity contribution in [2.45, 2.75) is 49.7 Å². The number of carbonyl (C=O) groups excluding carboxylic acids is 2. The van der Waals surface area contributed by atoms with Crippen molar-refractivity contribution in [2.75, 3.05) is 6.61 Å². The first kappa shape index (κ1) is 19.3. The highest BCUT2D eigenvalue weighted by Gasteiger charge is 2.69. The van der Waals surface area contributed by atoms with Gasteiger partial charge < -0.3 is 14.6 Å². The lowest BCUT2D eigenvalue weighted by atomic mass is 9.80. The van der Waals surface area contributed by atoms with Crippen molar-refractivity contribution in [3.8, 4) is 0 Å². The molecule has 3 N–H and O–H groups in total. The van der Waals surface area contributed by atoms with Crippen molar-refractivity contribution in [3.05, 3.63) is 36.1 Å². The van der Waals surface area contributed by atoms with Crippen molar-refractivity contribution in [3.63, 3.8) is 0 Å². The van der Waals surface area contributed by atoms with Gasteiger partial charge >= 0.3 is 5.97 Å². The summed E-state index contributed by atoms with van der Waals surface area (Å²) in [4.78, 5) is 40.4. The molecule has 2 aliphatic heterocycles. The van der Waals surface area contributed by atoms with Crippen LogP contribution in [0, 0.1) is 11.8 Å². The number of hydrogen-bond donors (Lipinski definition) is 3. The summed E-state index contributed by atoms with van der Waals surface area (Å²) in [6, 6.07) is 8.09. The molecule has 158 valence electrons. The molecule has 3 heterocycles. The van der Waals surface area contributed by atoms with Crippen LogP contribution in [0.4, 0.5) is 0 Å². The number of para-hydroxylation sites is 1. The number of amides is 2. The molecule has 2 amide bonds. The number of furan rings is 1. The van der Waals surface area contributed by atoms with Gasteiger partial charge in [-0.15, -0.1) is 0 Å². The van der Waals surface area contributed by atoms with Gasteiger partial charge in [-0.05, 0) is 25.0 Å². The Morgan fingerprint density at radius 3 is 2.57 bits per heavy atom. The fraction of sp³-hybridized carbons (Fsp3) is 0.500. The van der Waals surface area contributed by atoms with Gasteiger partial charge in [0.05, 0.1) is 24.5 Å². The first-order chi connectivity index (χ1) is 14.5. The minimum atomic E-state index is -1.93. The molecular formula is C22H24N2O6. The number of imide groups is 1. The van der Waals surface area contributed by atoms with Crippen molar-refractivity contribution in [2.24, 2.45) is 11.8 Å². The molecule has 0 spiro atoms. The molecule has 8 heteroatoms. The third-order valence-electron chi connectivity index (χ3n) is 7.01. The molecule has 2 aromatic rings. The van der Waals surface area contributed by atoms with Gasteiger partial charge in [-0.2, -0.15) is 0 Å². The van der Waals surface area contributed by atoms with Crippen molar-refractivity contribution >= 4 is 28.8 Å². The number of likely N-dealkylation sites (tertiary alicyclic amines) is 1. The number of aliphatic carboxylic acids is 1. The van der Waals surface area contributed by atoms with Crippen LogP contribution in [0.1, 0.15) is 43.9 Å². The van der Waals surface area contributed by atoms with Crippen LogP contribution < -0.4 is 5.32 Å². The molecule has 0 radical (unpaired) electrons. The Morgan fingerprint density at radius 2 is 1.90 bits per heavy atom. The monoisotopic (exact) mass is 412 g/mol. The van der Waals surface area contributed by atoms with Gasteiger partial charge in [-0.25, -0.2) is 0 Å². The molecule has 2 saturated heterocycles. The zero-order valence-electron chi connectivity index (χ0n) is 16.4. The number of benzene rings is 1. The van der Waals surface area contributed by atoms with Gasteiger partial charge in [-0.3, -0.25) is 24.6 Å². The Hall–Kier alpha value is -2.71. The number of carbonyl (C=O) groups is 3. The molecule has 4 atom stereocenters. The summed E-state index contributed by atoms with van der Waals surface area (Å²) in [5, 5.41) is 23.8. The highest BCUT2D eigenvalue weighted by Crippen LogP contribution is 2.50. The number of carboxylic acids is 1. The third kappa shape index (κ3) is 2.56. The molecule has 1 aromatic carbocycles. The maximum Gasteiger partial charge on any atom is 0.327 e. The Kier molecular flexibility index (Phi) is 4.44. The van der Waals surface area contributed by atoms with Gasteiger partial charge in [0, 0.05) is 11.4 Å². The van der Waals surface area contributed by atoms with E-state index in [2.05, 4.69) is 5.32 Å². The van der Waals surface area contributed by atoms with Crippen LogP contribution in [-0.2, 0) is 14.4 Å². The minimum absolute atomic E-state index is 0.203. The summed E-state index contributed by atoms with van der Waals surface area (Å²) in [7, 11) is 0. The summed E-state index contributed by atoms with van der Waals surface area (Å²) in [5.41, 5.74) is -1.31. The topological polar surface area (TPSA) is 120 Å². The van der Waals surface area contributed by atoms with Crippen molar-refractivity contribution in [1.29, 1.82) is 0 Å². The van der Waals surface area contributed by atoms with E-state index in [1.165, 1.54) is 4.90 Å². The molecule has 5 rings (SSSR count). The number of rotatable bonds is 4. The molecular weight excluding hydrogens is 388 g/mol. The molecule has 1 aliphatic carbocycles. The van der Waals surface area contributed by atoms with Crippen LogP contribution in [0.15, 0.2) is 34.7 Å². The number of hydrogen-bond acceptors (Lipinski definition) is 6. The van der Waals surface area contributed by atoms with Crippen LogP contribution in [0.25, 0.3) is 11.0 Å². The molecule has 0 bridgehead atoms. The van der Waals surface area contributed by atoms with Gasteiger partial charge in [0.2, 0.25) is 11.8 Å². The summed E-state index contributed by atoms with van der Waals surface area (Å²) in [6.45, 7) is -0.794. The second-order valence-corrected chi connectivity index (χ2v) is 8.58. The zero-order valence-corrected chi connectivity index (χ0v) is 16.4. The molecule has 1 aromatic heterocycles. The van der Waals surface area contributed by atoms with E-state index >= 15 is 0 Å². The lowest BCUT2D eigenvalue weighted by Gasteiger charge is -2.33. The Balaban J connectivity index is 1.60. The number of nitrogens with zero attached hydrogens (tertiary/aromatic N) is 1. The number of carboxylic acid groups (broad SMARTS) is 1. The van der Waals surface area contributed by atoms with Crippen molar-refractivity contribution < 1.29 is 29.0 Å². The summed E-state index contributed by atoms with van der Waals surface area (Å²) in [5.74, 6) is -3.92. The first-order valence-electron chi connectivity index (χ1n) is 10.5. The van der Waals surface area contributed by atoms with Gasteiger partial charge in [0.1, 0.15) is 11.3 Å². The predicted molar refractivity (Wildman–Crippen MR) is 105 cm³/mol. The summed E-state index contributed by atoms with van der Waals surface area (Å²) < 4.78 is 5.92. The number of fused-ring (bicyclic) bond motifs is 2. The van der Waals surface area contributed by atoms with Gasteiger partial charge in [-0.1, -0.05) is 37.5 Å². The minimum Gasteiger partial charge on any atom is -0.480 e. The fourth-order valence-electron chi connectivity index (χ4n) is 5.53. The standard InChI is InChI=1S/C22H24N2O6/c25-11-22(21(28)29)17-16(19(26)24(20(17)27)13-7-2-1-3-8-13)18(23-22)15-10-12-6-4-5-9-14(12)30-15/h4-6,9-10,13,16-18,23,25H,1-3,7-8,11H2,(H,28,29). The normalized spacial score (nSPS) is 32.2. The van der Waals surface area contributed by atoms with Gasteiger partial charge in [0.15, 0.2) is 5.54 Å². The lowest BCUT2D eigenvalue weighted by Crippen LogP contribution is -2.59. The highest BCUT2D eigenvalue weighted by atomic mass is 16.4. The van der Waals surface area contributed by atoms with Crippen LogP contribution in [0.2, 0.25) is 0 Å². The van der Waals surface area contributed by atoms with E-state index < -0.39 is 41.9 Å². The SMILES string of the molecule is O=C1C2C(c3cc4ccccc4o3)NC(CO)(C(=O)O)C2C(=O)N1C1CCCCC1. The van der Waals surface area contributed by atoms with E-state index in [0.717, 1.165) is 37.5 Å². The molecule has 4 unspecified atom stereocenters. The van der Waals surface area contributed by atoms with E-state index in [4.69, 9.17) is 4.42 Å².